The third-order valence-corrected chi connectivity index (χ3v) is 7.69. The van der Waals surface area contributed by atoms with E-state index < -0.39 is 5.60 Å². The van der Waals surface area contributed by atoms with Gasteiger partial charge in [0.15, 0.2) is 0 Å². The topological polar surface area (TPSA) is 39.6 Å². The van der Waals surface area contributed by atoms with Gasteiger partial charge in [-0.15, -0.1) is 0 Å². The van der Waals surface area contributed by atoms with E-state index in [-0.39, 0.29) is 5.92 Å². The van der Waals surface area contributed by atoms with Gasteiger partial charge in [0, 0.05) is 47.0 Å². The Bertz CT molecular complexity index is 1330. The molecule has 2 unspecified atom stereocenters. The molecule has 0 radical (unpaired) electrons. The molecule has 0 amide bonds. The molecule has 1 heterocycles. The second-order valence-corrected chi connectivity index (χ2v) is 11.6. The summed E-state index contributed by atoms with van der Waals surface area (Å²) in [5.41, 5.74) is 3.14. The Labute approximate surface area is 234 Å². The fraction of sp³-hybridized carbons (Fsp3) is 0.323. The smallest absolute Gasteiger partial charge is 0.132 e. The molecule has 0 aliphatic carbocycles. The van der Waals surface area contributed by atoms with Crippen LogP contribution in [0.15, 0.2) is 83.3 Å². The number of rotatable bonds is 10. The maximum absolute atomic E-state index is 12.7. The molecular formula is C31H35BrClN3O. The summed E-state index contributed by atoms with van der Waals surface area (Å²) in [7, 11) is 8.13. The van der Waals surface area contributed by atoms with E-state index in [1.54, 1.807) is 0 Å². The Hall–Kier alpha value is -2.44. The minimum absolute atomic E-state index is 0.304. The number of aryl methyl sites for hydroxylation is 1. The molecule has 6 heteroatoms. The van der Waals surface area contributed by atoms with Crippen molar-refractivity contribution in [2.75, 3.05) is 39.6 Å². The van der Waals surface area contributed by atoms with Crippen LogP contribution >= 0.6 is 27.5 Å². The molecule has 194 valence electrons. The molecule has 0 aliphatic rings. The standard InChI is InChI=1S/C31H35BrClN3O/c1-35(2)19-18-31(37,17-16-22-8-6-5-7-9-22)29(23-10-13-26(33)14-11-23)27-21-24-20-25(32)12-15-28(24)34-30(27)36(3)4/h5-15,20-21,29,37H,16-19H2,1-4H3. The summed E-state index contributed by atoms with van der Waals surface area (Å²) in [5, 5.41) is 14.4. The molecule has 0 aliphatic heterocycles. The van der Waals surface area contributed by atoms with Gasteiger partial charge >= 0.3 is 0 Å². The fourth-order valence-corrected chi connectivity index (χ4v) is 5.50. The minimum Gasteiger partial charge on any atom is -0.389 e. The number of pyridine rings is 1. The lowest BCUT2D eigenvalue weighted by Gasteiger charge is -2.39. The van der Waals surface area contributed by atoms with Gasteiger partial charge in [-0.25, -0.2) is 4.98 Å². The molecular weight excluding hydrogens is 546 g/mol. The summed E-state index contributed by atoms with van der Waals surface area (Å²) in [6, 6.07) is 26.6. The fourth-order valence-electron chi connectivity index (χ4n) is 5.00. The highest BCUT2D eigenvalue weighted by Gasteiger charge is 2.40. The lowest BCUT2D eigenvalue weighted by Crippen LogP contribution is -2.41. The number of aliphatic hydroxyl groups is 1. The van der Waals surface area contributed by atoms with Crippen molar-refractivity contribution in [3.8, 4) is 0 Å². The van der Waals surface area contributed by atoms with Gasteiger partial charge in [-0.2, -0.15) is 0 Å². The number of benzene rings is 3. The van der Waals surface area contributed by atoms with Crippen molar-refractivity contribution in [1.82, 2.24) is 9.88 Å². The Morgan fingerprint density at radius 3 is 2.27 bits per heavy atom. The van der Waals surface area contributed by atoms with E-state index in [9.17, 15) is 5.11 Å². The van der Waals surface area contributed by atoms with Crippen LogP contribution in [-0.2, 0) is 6.42 Å². The number of hydrogen-bond acceptors (Lipinski definition) is 4. The van der Waals surface area contributed by atoms with Crippen LogP contribution < -0.4 is 4.90 Å². The van der Waals surface area contributed by atoms with E-state index in [1.807, 2.05) is 61.5 Å². The molecule has 0 fully saturated rings. The number of halogens is 2. The number of fused-ring (bicyclic) bond motifs is 1. The lowest BCUT2D eigenvalue weighted by molar-refractivity contribution is 0.00150. The minimum atomic E-state index is -1.03. The first kappa shape index (κ1) is 27.6. The quantitative estimate of drug-likeness (QED) is 0.216. The normalized spacial score (nSPS) is 14.1. The van der Waals surface area contributed by atoms with Crippen molar-refractivity contribution in [3.63, 3.8) is 0 Å². The molecule has 0 spiro atoms. The summed E-state index contributed by atoms with van der Waals surface area (Å²) in [6.45, 7) is 0.763. The monoisotopic (exact) mass is 579 g/mol. The Kier molecular flexibility index (Phi) is 8.91. The van der Waals surface area contributed by atoms with Gasteiger partial charge in [-0.3, -0.25) is 0 Å². The zero-order valence-corrected chi connectivity index (χ0v) is 24.3. The van der Waals surface area contributed by atoms with Crippen LogP contribution in [0.3, 0.4) is 0 Å². The van der Waals surface area contributed by atoms with Crippen molar-refractivity contribution >= 4 is 44.3 Å². The summed E-state index contributed by atoms with van der Waals surface area (Å²) >= 11 is 9.92. The average molecular weight is 581 g/mol. The number of nitrogens with zero attached hydrogens (tertiary/aromatic N) is 3. The average Bonchev–Trinajstić information content (AvgIpc) is 2.88. The molecule has 3 aromatic carbocycles. The zero-order chi connectivity index (χ0) is 26.6. The van der Waals surface area contributed by atoms with Crippen molar-refractivity contribution in [2.45, 2.75) is 30.8 Å². The summed E-state index contributed by atoms with van der Waals surface area (Å²) < 4.78 is 1.00. The molecule has 4 aromatic rings. The van der Waals surface area contributed by atoms with Crippen LogP contribution in [-0.4, -0.2) is 55.3 Å². The second kappa shape index (κ2) is 12.0. The van der Waals surface area contributed by atoms with Gasteiger partial charge in [0.2, 0.25) is 0 Å². The Morgan fingerprint density at radius 1 is 0.919 bits per heavy atom. The SMILES string of the molecule is CN(C)CCC(O)(CCc1ccccc1)C(c1ccc(Cl)cc1)c1cc2cc(Br)ccc2nc1N(C)C. The summed E-state index contributed by atoms with van der Waals surface area (Å²) in [4.78, 5) is 9.24. The van der Waals surface area contributed by atoms with Gasteiger partial charge in [-0.1, -0.05) is 70.0 Å². The number of anilines is 1. The third kappa shape index (κ3) is 6.71. The third-order valence-electron chi connectivity index (χ3n) is 6.94. The highest BCUT2D eigenvalue weighted by atomic mass is 79.9. The maximum Gasteiger partial charge on any atom is 0.132 e. The number of hydrogen-bond donors (Lipinski definition) is 1. The van der Waals surface area contributed by atoms with E-state index in [2.05, 4.69) is 71.3 Å². The maximum atomic E-state index is 12.7. The van der Waals surface area contributed by atoms with E-state index in [0.29, 0.717) is 17.9 Å². The lowest BCUT2D eigenvalue weighted by atomic mass is 9.72. The first-order valence-corrected chi connectivity index (χ1v) is 13.8. The van der Waals surface area contributed by atoms with E-state index >= 15 is 0 Å². The molecule has 37 heavy (non-hydrogen) atoms. The highest BCUT2D eigenvalue weighted by Crippen LogP contribution is 2.44. The first-order chi connectivity index (χ1) is 17.7. The molecule has 0 saturated heterocycles. The molecule has 4 nitrogen and oxygen atoms in total. The zero-order valence-electron chi connectivity index (χ0n) is 22.0. The first-order valence-electron chi connectivity index (χ1n) is 12.6. The van der Waals surface area contributed by atoms with Gasteiger partial charge in [0.05, 0.1) is 11.1 Å². The molecule has 1 aromatic heterocycles. The molecule has 2 atom stereocenters. The van der Waals surface area contributed by atoms with Crippen LogP contribution in [0.5, 0.6) is 0 Å². The van der Waals surface area contributed by atoms with Crippen LogP contribution in [0, 0.1) is 0 Å². The Balaban J connectivity index is 1.92. The van der Waals surface area contributed by atoms with Crippen LogP contribution in [0.25, 0.3) is 10.9 Å². The van der Waals surface area contributed by atoms with E-state index in [0.717, 1.165) is 45.3 Å². The van der Waals surface area contributed by atoms with Crippen LogP contribution in [0.4, 0.5) is 5.82 Å². The molecule has 1 N–H and O–H groups in total. The largest absolute Gasteiger partial charge is 0.389 e. The van der Waals surface area contributed by atoms with Gasteiger partial charge in [0.1, 0.15) is 5.82 Å². The molecule has 0 saturated carbocycles. The Morgan fingerprint density at radius 2 is 1.62 bits per heavy atom. The summed E-state index contributed by atoms with van der Waals surface area (Å²) in [6.07, 6.45) is 2.00. The van der Waals surface area contributed by atoms with Crippen molar-refractivity contribution in [2.24, 2.45) is 0 Å². The van der Waals surface area contributed by atoms with Crippen molar-refractivity contribution in [1.29, 1.82) is 0 Å². The van der Waals surface area contributed by atoms with E-state index in [4.69, 9.17) is 16.6 Å². The van der Waals surface area contributed by atoms with Crippen LogP contribution in [0.1, 0.15) is 35.4 Å². The van der Waals surface area contributed by atoms with Crippen LogP contribution in [0.2, 0.25) is 5.02 Å². The van der Waals surface area contributed by atoms with E-state index in [1.165, 1.54) is 5.56 Å². The van der Waals surface area contributed by atoms with Crippen molar-refractivity contribution < 1.29 is 5.11 Å². The van der Waals surface area contributed by atoms with Gasteiger partial charge in [-0.05, 0) is 80.9 Å². The highest BCUT2D eigenvalue weighted by molar-refractivity contribution is 9.10. The summed E-state index contributed by atoms with van der Waals surface area (Å²) in [5.74, 6) is 0.555. The molecule has 0 bridgehead atoms. The number of aromatic nitrogens is 1. The van der Waals surface area contributed by atoms with Gasteiger partial charge < -0.3 is 14.9 Å². The van der Waals surface area contributed by atoms with Crippen molar-refractivity contribution in [3.05, 3.63) is 105 Å². The molecule has 4 rings (SSSR count). The second-order valence-electron chi connectivity index (χ2n) is 10.3. The van der Waals surface area contributed by atoms with Gasteiger partial charge in [0.25, 0.3) is 0 Å². The predicted octanol–water partition coefficient (Wildman–Crippen LogP) is 7.16. The predicted molar refractivity (Wildman–Crippen MR) is 160 cm³/mol.